The lowest BCUT2D eigenvalue weighted by Gasteiger charge is -2.16. The van der Waals surface area contributed by atoms with E-state index >= 15 is 4.39 Å². The van der Waals surface area contributed by atoms with Gasteiger partial charge in [-0.3, -0.25) is 9.55 Å². The number of aromatic nitrogens is 4. The largest absolute Gasteiger partial charge is 0.496 e. The molecule has 2 heterocycles. The molecule has 0 fully saturated rings. The summed E-state index contributed by atoms with van der Waals surface area (Å²) in [5, 5.41) is 13.8. The van der Waals surface area contributed by atoms with Gasteiger partial charge in [0.25, 0.3) is 0 Å². The van der Waals surface area contributed by atoms with E-state index in [1.165, 1.54) is 28.6 Å². The highest BCUT2D eigenvalue weighted by atomic mass is 127. The standard InChI is InChI=1S/C22H24FIN4O4/c1-5-27-21(12-29)26-28(22(27)30)18-10-20(32-13(2)3)15(9-17(18)24)16(23)8-14-11-25-7-6-19(14)31-4/h6-11,13,29H,5,12H2,1-4H3/b16-8-. The van der Waals surface area contributed by atoms with Gasteiger partial charge >= 0.3 is 5.69 Å². The predicted octanol–water partition coefficient (Wildman–Crippen LogP) is 3.81. The Kier molecular flexibility index (Phi) is 7.67. The molecule has 10 heteroatoms. The number of pyridine rings is 1. The Bertz CT molecular complexity index is 1200. The van der Waals surface area contributed by atoms with Crippen molar-refractivity contribution in [2.24, 2.45) is 0 Å². The molecule has 0 bridgehead atoms. The van der Waals surface area contributed by atoms with Gasteiger partial charge in [0.05, 0.1) is 24.5 Å². The van der Waals surface area contributed by atoms with Gasteiger partial charge in [-0.15, -0.1) is 5.10 Å². The molecular formula is C22H24FIN4O4. The van der Waals surface area contributed by atoms with Crippen molar-refractivity contribution < 1.29 is 19.0 Å². The van der Waals surface area contributed by atoms with Crippen molar-refractivity contribution in [1.82, 2.24) is 19.3 Å². The number of aliphatic hydroxyl groups excluding tert-OH is 1. The van der Waals surface area contributed by atoms with E-state index in [4.69, 9.17) is 9.47 Å². The predicted molar refractivity (Wildman–Crippen MR) is 128 cm³/mol. The van der Waals surface area contributed by atoms with E-state index in [1.54, 1.807) is 31.3 Å². The highest BCUT2D eigenvalue weighted by molar-refractivity contribution is 14.1. The minimum absolute atomic E-state index is 0.225. The number of nitrogens with zero attached hydrogens (tertiary/aromatic N) is 4. The van der Waals surface area contributed by atoms with Crippen LogP contribution in [0.2, 0.25) is 0 Å². The van der Waals surface area contributed by atoms with Crippen LogP contribution in [0, 0.1) is 3.57 Å². The molecule has 0 saturated heterocycles. The number of methoxy groups -OCH3 is 1. The molecule has 8 nitrogen and oxygen atoms in total. The molecule has 170 valence electrons. The first kappa shape index (κ1) is 23.9. The van der Waals surface area contributed by atoms with E-state index < -0.39 is 11.5 Å². The van der Waals surface area contributed by atoms with Gasteiger partial charge in [0, 0.05) is 34.1 Å². The Morgan fingerprint density at radius 2 is 2.09 bits per heavy atom. The zero-order valence-electron chi connectivity index (χ0n) is 18.2. The fraction of sp³-hybridized carbons (Fsp3) is 0.318. The van der Waals surface area contributed by atoms with Crippen LogP contribution >= 0.6 is 22.6 Å². The molecule has 0 unspecified atom stereocenters. The van der Waals surface area contributed by atoms with Gasteiger partial charge in [0.15, 0.2) is 5.82 Å². The number of ether oxygens (including phenoxy) is 2. The second kappa shape index (κ2) is 10.3. The average molecular weight is 554 g/mol. The van der Waals surface area contributed by atoms with E-state index in [-0.39, 0.29) is 29.8 Å². The van der Waals surface area contributed by atoms with Gasteiger partial charge in [-0.25, -0.2) is 9.18 Å². The molecule has 0 spiro atoms. The van der Waals surface area contributed by atoms with Crippen LogP contribution in [0.25, 0.3) is 17.6 Å². The lowest BCUT2D eigenvalue weighted by Crippen LogP contribution is -2.24. The maximum atomic E-state index is 15.4. The summed E-state index contributed by atoms with van der Waals surface area (Å²) in [4.78, 5) is 16.8. The Morgan fingerprint density at radius 1 is 1.34 bits per heavy atom. The van der Waals surface area contributed by atoms with Crippen molar-refractivity contribution >= 4 is 34.5 Å². The van der Waals surface area contributed by atoms with E-state index in [9.17, 15) is 9.90 Å². The van der Waals surface area contributed by atoms with Crippen LogP contribution in [-0.2, 0) is 13.2 Å². The summed E-state index contributed by atoms with van der Waals surface area (Å²) in [5.74, 6) is 0.453. The first-order valence-electron chi connectivity index (χ1n) is 9.96. The van der Waals surface area contributed by atoms with Crippen LogP contribution in [0.1, 0.15) is 37.7 Å². The van der Waals surface area contributed by atoms with Crippen molar-refractivity contribution in [3.05, 3.63) is 61.6 Å². The summed E-state index contributed by atoms with van der Waals surface area (Å²) >= 11 is 2.02. The average Bonchev–Trinajstić information content (AvgIpc) is 3.09. The number of rotatable bonds is 8. The maximum Gasteiger partial charge on any atom is 0.350 e. The minimum atomic E-state index is -0.543. The van der Waals surface area contributed by atoms with Gasteiger partial charge in [0.2, 0.25) is 0 Å². The third-order valence-corrected chi connectivity index (χ3v) is 5.47. The van der Waals surface area contributed by atoms with Crippen LogP contribution < -0.4 is 15.2 Å². The number of hydrogen-bond donors (Lipinski definition) is 1. The van der Waals surface area contributed by atoms with Gasteiger partial charge in [-0.2, -0.15) is 4.68 Å². The van der Waals surface area contributed by atoms with E-state index in [0.717, 1.165) is 0 Å². The summed E-state index contributed by atoms with van der Waals surface area (Å²) in [5.41, 5.74) is 0.744. The molecule has 3 rings (SSSR count). The molecule has 0 atom stereocenters. The van der Waals surface area contributed by atoms with Gasteiger partial charge in [0.1, 0.15) is 23.9 Å². The SMILES string of the molecule is CCn1c(CO)nn(-c2cc(OC(C)C)c(/C(F)=C/c3cnccc3OC)cc2I)c1=O. The molecule has 0 radical (unpaired) electrons. The highest BCUT2D eigenvalue weighted by Gasteiger charge is 2.20. The van der Waals surface area contributed by atoms with Crippen LogP contribution in [0.5, 0.6) is 11.5 Å². The lowest BCUT2D eigenvalue weighted by molar-refractivity contribution is 0.241. The Balaban J connectivity index is 2.18. The first-order valence-corrected chi connectivity index (χ1v) is 11.0. The monoisotopic (exact) mass is 554 g/mol. The fourth-order valence-electron chi connectivity index (χ4n) is 3.17. The van der Waals surface area contributed by atoms with Gasteiger partial charge < -0.3 is 14.6 Å². The van der Waals surface area contributed by atoms with E-state index in [2.05, 4.69) is 10.1 Å². The zero-order chi connectivity index (χ0) is 23.4. The maximum absolute atomic E-state index is 15.4. The van der Waals surface area contributed by atoms with E-state index in [0.29, 0.717) is 27.1 Å². The summed E-state index contributed by atoms with van der Waals surface area (Å²) < 4.78 is 29.7. The Hall–Kier alpha value is -2.73. The molecule has 0 amide bonds. The highest BCUT2D eigenvalue weighted by Crippen LogP contribution is 2.35. The van der Waals surface area contributed by atoms with Crippen molar-refractivity contribution in [2.45, 2.75) is 40.0 Å². The van der Waals surface area contributed by atoms with E-state index in [1.807, 2.05) is 36.4 Å². The molecule has 1 N–H and O–H groups in total. The molecule has 2 aromatic heterocycles. The quantitative estimate of drug-likeness (QED) is 0.426. The molecular weight excluding hydrogens is 530 g/mol. The summed E-state index contributed by atoms with van der Waals surface area (Å²) in [6, 6.07) is 4.82. The molecule has 0 saturated carbocycles. The Labute approximate surface area is 198 Å². The second-order valence-corrected chi connectivity index (χ2v) is 8.25. The summed E-state index contributed by atoms with van der Waals surface area (Å²) in [6.45, 7) is 5.44. The fourth-order valence-corrected chi connectivity index (χ4v) is 3.87. The van der Waals surface area contributed by atoms with Crippen molar-refractivity contribution in [3.8, 4) is 17.2 Å². The summed E-state index contributed by atoms with van der Waals surface area (Å²) in [7, 11) is 1.50. The van der Waals surface area contributed by atoms with Crippen molar-refractivity contribution in [2.75, 3.05) is 7.11 Å². The van der Waals surface area contributed by atoms with Gasteiger partial charge in [-0.05, 0) is 61.6 Å². The van der Waals surface area contributed by atoms with Crippen LogP contribution in [0.4, 0.5) is 4.39 Å². The number of benzene rings is 1. The molecule has 0 aliphatic rings. The molecule has 0 aliphatic carbocycles. The minimum Gasteiger partial charge on any atom is -0.496 e. The van der Waals surface area contributed by atoms with Crippen molar-refractivity contribution in [3.63, 3.8) is 0 Å². The topological polar surface area (TPSA) is 91.4 Å². The van der Waals surface area contributed by atoms with Gasteiger partial charge in [-0.1, -0.05) is 0 Å². The zero-order valence-corrected chi connectivity index (χ0v) is 20.3. The number of halogens is 2. The van der Waals surface area contributed by atoms with Crippen LogP contribution in [0.3, 0.4) is 0 Å². The Morgan fingerprint density at radius 3 is 2.69 bits per heavy atom. The molecule has 32 heavy (non-hydrogen) atoms. The smallest absolute Gasteiger partial charge is 0.350 e. The molecule has 0 aliphatic heterocycles. The van der Waals surface area contributed by atoms with Crippen LogP contribution in [-0.4, -0.2) is 37.7 Å². The number of hydrogen-bond acceptors (Lipinski definition) is 6. The normalized spacial score (nSPS) is 11.8. The molecule has 3 aromatic rings. The third kappa shape index (κ3) is 4.85. The first-order chi connectivity index (χ1) is 15.3. The lowest BCUT2D eigenvalue weighted by atomic mass is 10.1. The summed E-state index contributed by atoms with van der Waals surface area (Å²) in [6.07, 6.45) is 4.16. The van der Waals surface area contributed by atoms with Crippen molar-refractivity contribution in [1.29, 1.82) is 0 Å². The molecule has 1 aromatic carbocycles. The number of aliphatic hydroxyl groups is 1. The third-order valence-electron chi connectivity index (χ3n) is 4.61. The van der Waals surface area contributed by atoms with Crippen LogP contribution in [0.15, 0.2) is 35.4 Å². The second-order valence-electron chi connectivity index (χ2n) is 7.09.